The van der Waals surface area contributed by atoms with Gasteiger partial charge in [0.05, 0.1) is 0 Å². The maximum absolute atomic E-state index is 10.9. The molecule has 0 spiro atoms. The van der Waals surface area contributed by atoms with E-state index in [0.717, 1.165) is 18.8 Å². The minimum atomic E-state index is 0.0488. The maximum atomic E-state index is 10.9. The van der Waals surface area contributed by atoms with E-state index in [9.17, 15) is 4.79 Å². The summed E-state index contributed by atoms with van der Waals surface area (Å²) in [5.74, 6) is 0. The number of rotatable bonds is 4. The van der Waals surface area contributed by atoms with Crippen molar-refractivity contribution in [1.29, 1.82) is 0 Å². The number of anilines is 1. The van der Waals surface area contributed by atoms with Crippen molar-refractivity contribution in [3.05, 3.63) is 64.6 Å². The predicted molar refractivity (Wildman–Crippen MR) is 70.4 cm³/mol. The van der Waals surface area contributed by atoms with Crippen LogP contribution in [0.15, 0.2) is 53.6 Å². The molecule has 1 aromatic carbocycles. The van der Waals surface area contributed by atoms with Crippen LogP contribution in [-0.2, 0) is 6.54 Å². The highest BCUT2D eigenvalue weighted by Gasteiger charge is 1.92. The Labute approximate surface area is 101 Å². The van der Waals surface area contributed by atoms with E-state index in [1.54, 1.807) is 24.5 Å². The first-order valence-corrected chi connectivity index (χ1v) is 5.71. The number of aryl methyl sites for hydroxylation is 1. The highest BCUT2D eigenvalue weighted by molar-refractivity contribution is 5.44. The van der Waals surface area contributed by atoms with Gasteiger partial charge in [0.15, 0.2) is 5.43 Å². The minimum Gasteiger partial charge on any atom is -0.383 e. The van der Waals surface area contributed by atoms with Gasteiger partial charge in [-0.3, -0.25) is 4.79 Å². The van der Waals surface area contributed by atoms with Crippen LogP contribution in [0.4, 0.5) is 5.69 Å². The highest BCUT2D eigenvalue weighted by atomic mass is 16.1. The summed E-state index contributed by atoms with van der Waals surface area (Å²) in [6, 6.07) is 11.5. The van der Waals surface area contributed by atoms with E-state index in [-0.39, 0.29) is 5.43 Å². The normalized spacial score (nSPS) is 10.2. The maximum Gasteiger partial charge on any atom is 0.181 e. The molecule has 1 heterocycles. The second kappa shape index (κ2) is 5.34. The Bertz CT molecular complexity index is 508. The molecule has 17 heavy (non-hydrogen) atoms. The summed E-state index contributed by atoms with van der Waals surface area (Å²) in [4.78, 5) is 10.9. The Kier molecular flexibility index (Phi) is 3.60. The van der Waals surface area contributed by atoms with Gasteiger partial charge >= 0.3 is 0 Å². The number of aromatic nitrogens is 1. The van der Waals surface area contributed by atoms with E-state index in [0.29, 0.717) is 0 Å². The molecule has 0 amide bonds. The fourth-order valence-corrected chi connectivity index (χ4v) is 1.59. The van der Waals surface area contributed by atoms with Crippen LogP contribution in [0.25, 0.3) is 0 Å². The zero-order chi connectivity index (χ0) is 12.1. The number of pyridine rings is 1. The van der Waals surface area contributed by atoms with E-state index in [1.165, 1.54) is 5.56 Å². The lowest BCUT2D eigenvalue weighted by Gasteiger charge is -2.08. The van der Waals surface area contributed by atoms with Gasteiger partial charge in [0.2, 0.25) is 0 Å². The lowest BCUT2D eigenvalue weighted by Crippen LogP contribution is -2.11. The van der Waals surface area contributed by atoms with Crippen molar-refractivity contribution < 1.29 is 0 Å². The minimum absolute atomic E-state index is 0.0488. The Hall–Kier alpha value is -2.03. The van der Waals surface area contributed by atoms with Gasteiger partial charge in [-0.1, -0.05) is 17.7 Å². The zero-order valence-electron chi connectivity index (χ0n) is 9.89. The SMILES string of the molecule is Cc1ccc(NCCn2ccc(=O)cc2)cc1. The summed E-state index contributed by atoms with van der Waals surface area (Å²) in [5, 5.41) is 3.34. The number of hydrogen-bond donors (Lipinski definition) is 1. The van der Waals surface area contributed by atoms with Crippen LogP contribution in [0.5, 0.6) is 0 Å². The molecule has 0 fully saturated rings. The molecule has 0 radical (unpaired) electrons. The van der Waals surface area contributed by atoms with Gasteiger partial charge < -0.3 is 9.88 Å². The van der Waals surface area contributed by atoms with Gasteiger partial charge in [0.25, 0.3) is 0 Å². The Morgan fingerprint density at radius 1 is 1.06 bits per heavy atom. The summed E-state index contributed by atoms with van der Waals surface area (Å²) >= 11 is 0. The topological polar surface area (TPSA) is 34.0 Å². The molecule has 3 nitrogen and oxygen atoms in total. The fourth-order valence-electron chi connectivity index (χ4n) is 1.59. The summed E-state index contributed by atoms with van der Waals surface area (Å²) in [5.41, 5.74) is 2.43. The van der Waals surface area contributed by atoms with Crippen molar-refractivity contribution in [2.75, 3.05) is 11.9 Å². The number of benzene rings is 1. The molecule has 0 aliphatic heterocycles. The van der Waals surface area contributed by atoms with E-state index in [2.05, 4.69) is 36.5 Å². The summed E-state index contributed by atoms with van der Waals surface area (Å²) < 4.78 is 1.99. The van der Waals surface area contributed by atoms with Gasteiger partial charge in [-0.15, -0.1) is 0 Å². The van der Waals surface area contributed by atoms with Gasteiger partial charge in [-0.05, 0) is 19.1 Å². The molecule has 1 aromatic heterocycles. The monoisotopic (exact) mass is 228 g/mol. The van der Waals surface area contributed by atoms with E-state index >= 15 is 0 Å². The Morgan fingerprint density at radius 3 is 2.35 bits per heavy atom. The van der Waals surface area contributed by atoms with Gasteiger partial charge in [-0.2, -0.15) is 0 Å². The predicted octanol–water partition coefficient (Wildman–Crippen LogP) is 2.27. The Morgan fingerprint density at radius 2 is 1.71 bits per heavy atom. The average Bonchev–Trinajstić information content (AvgIpc) is 2.34. The standard InChI is InChI=1S/C14H16N2O/c1-12-2-4-13(5-3-12)15-8-11-16-9-6-14(17)7-10-16/h2-7,9-10,15H,8,11H2,1H3. The van der Waals surface area contributed by atoms with Gasteiger partial charge in [-0.25, -0.2) is 0 Å². The molecule has 2 aromatic rings. The molecular formula is C14H16N2O. The van der Waals surface area contributed by atoms with Crippen LogP contribution >= 0.6 is 0 Å². The van der Waals surface area contributed by atoms with Gasteiger partial charge in [0.1, 0.15) is 0 Å². The average molecular weight is 228 g/mol. The van der Waals surface area contributed by atoms with Crippen molar-refractivity contribution >= 4 is 5.69 Å². The van der Waals surface area contributed by atoms with Crippen molar-refractivity contribution in [3.8, 4) is 0 Å². The fraction of sp³-hybridized carbons (Fsp3) is 0.214. The molecule has 0 unspecified atom stereocenters. The van der Waals surface area contributed by atoms with E-state index in [4.69, 9.17) is 0 Å². The van der Waals surface area contributed by atoms with Crippen LogP contribution in [0.3, 0.4) is 0 Å². The van der Waals surface area contributed by atoms with Crippen molar-refractivity contribution in [1.82, 2.24) is 4.57 Å². The molecule has 0 aliphatic carbocycles. The third kappa shape index (κ3) is 3.48. The number of nitrogens with zero attached hydrogens (tertiary/aromatic N) is 1. The smallest absolute Gasteiger partial charge is 0.181 e. The summed E-state index contributed by atoms with van der Waals surface area (Å²) in [6.07, 6.45) is 3.61. The first kappa shape index (κ1) is 11.5. The molecule has 0 atom stereocenters. The zero-order valence-corrected chi connectivity index (χ0v) is 9.89. The van der Waals surface area contributed by atoms with Crippen LogP contribution < -0.4 is 10.7 Å². The van der Waals surface area contributed by atoms with E-state index in [1.807, 2.05) is 4.57 Å². The molecule has 0 saturated heterocycles. The first-order valence-electron chi connectivity index (χ1n) is 5.71. The van der Waals surface area contributed by atoms with Crippen molar-refractivity contribution in [2.24, 2.45) is 0 Å². The second-order valence-corrected chi connectivity index (χ2v) is 4.06. The van der Waals surface area contributed by atoms with Crippen molar-refractivity contribution in [3.63, 3.8) is 0 Å². The third-order valence-corrected chi connectivity index (χ3v) is 2.61. The highest BCUT2D eigenvalue weighted by Crippen LogP contribution is 2.07. The third-order valence-electron chi connectivity index (χ3n) is 2.61. The second-order valence-electron chi connectivity index (χ2n) is 4.06. The lowest BCUT2D eigenvalue weighted by molar-refractivity contribution is 0.720. The van der Waals surface area contributed by atoms with Crippen LogP contribution in [0, 0.1) is 6.92 Å². The van der Waals surface area contributed by atoms with Crippen LogP contribution in [-0.4, -0.2) is 11.1 Å². The largest absolute Gasteiger partial charge is 0.383 e. The molecule has 3 heteroatoms. The molecule has 0 aliphatic rings. The lowest BCUT2D eigenvalue weighted by atomic mass is 10.2. The molecule has 0 bridgehead atoms. The van der Waals surface area contributed by atoms with Crippen molar-refractivity contribution in [2.45, 2.75) is 13.5 Å². The number of hydrogen-bond acceptors (Lipinski definition) is 2. The van der Waals surface area contributed by atoms with Crippen LogP contribution in [0.1, 0.15) is 5.56 Å². The molecule has 1 N–H and O–H groups in total. The van der Waals surface area contributed by atoms with Crippen LogP contribution in [0.2, 0.25) is 0 Å². The molecule has 88 valence electrons. The molecule has 0 saturated carbocycles. The molecule has 2 rings (SSSR count). The number of nitrogens with one attached hydrogen (secondary N) is 1. The molecular weight excluding hydrogens is 212 g/mol. The summed E-state index contributed by atoms with van der Waals surface area (Å²) in [7, 11) is 0. The van der Waals surface area contributed by atoms with E-state index < -0.39 is 0 Å². The Balaban J connectivity index is 1.85. The first-order chi connectivity index (χ1) is 8.24. The quantitative estimate of drug-likeness (QED) is 0.871. The van der Waals surface area contributed by atoms with Gasteiger partial charge in [0, 0.05) is 43.3 Å². The summed E-state index contributed by atoms with van der Waals surface area (Å²) in [6.45, 7) is 3.75.